The van der Waals surface area contributed by atoms with Crippen molar-refractivity contribution in [1.29, 1.82) is 0 Å². The third-order valence-corrected chi connectivity index (χ3v) is 9.41. The maximum atomic E-state index is 13.2. The molecule has 2 bridgehead atoms. The number of rotatable bonds is 7. The molecule has 0 saturated carbocycles. The number of phenols is 1. The van der Waals surface area contributed by atoms with Crippen molar-refractivity contribution in [2.75, 3.05) is 19.6 Å². The van der Waals surface area contributed by atoms with Gasteiger partial charge in [0.1, 0.15) is 5.75 Å². The quantitative estimate of drug-likeness (QED) is 0.417. The molecule has 0 radical (unpaired) electrons. The number of benzene rings is 2. The second kappa shape index (κ2) is 11.9. The Balaban J connectivity index is 1.39. The van der Waals surface area contributed by atoms with Gasteiger partial charge in [-0.15, -0.1) is 6.58 Å². The summed E-state index contributed by atoms with van der Waals surface area (Å²) in [5, 5.41) is 10.3. The van der Waals surface area contributed by atoms with Gasteiger partial charge in [0.05, 0.1) is 0 Å². The summed E-state index contributed by atoms with van der Waals surface area (Å²) >= 11 is 0. The molecule has 0 aromatic heterocycles. The van der Waals surface area contributed by atoms with Gasteiger partial charge in [-0.05, 0) is 92.2 Å². The fourth-order valence-electron chi connectivity index (χ4n) is 7.42. The zero-order chi connectivity index (χ0) is 25.8. The summed E-state index contributed by atoms with van der Waals surface area (Å²) in [5.74, 6) is 2.04. The van der Waals surface area contributed by atoms with Crippen LogP contribution in [0.5, 0.6) is 5.75 Å². The van der Waals surface area contributed by atoms with Crippen molar-refractivity contribution in [1.82, 2.24) is 9.80 Å². The topological polar surface area (TPSA) is 43.8 Å². The summed E-state index contributed by atoms with van der Waals surface area (Å²) in [7, 11) is 0. The van der Waals surface area contributed by atoms with Crippen LogP contribution in [0, 0.1) is 11.8 Å². The molecule has 198 valence electrons. The summed E-state index contributed by atoms with van der Waals surface area (Å²) in [6.45, 7) is 9.19. The molecule has 3 fully saturated rings. The number of nitrogens with zero attached hydrogens (tertiary/aromatic N) is 2. The lowest BCUT2D eigenvalue weighted by molar-refractivity contribution is -0.0216. The largest absolute Gasteiger partial charge is 0.508 e. The number of carbonyl (C=O) groups is 1. The average molecular weight is 501 g/mol. The molecule has 4 nitrogen and oxygen atoms in total. The first-order chi connectivity index (χ1) is 18.0. The second-order valence-electron chi connectivity index (χ2n) is 11.7. The molecule has 3 saturated heterocycles. The minimum atomic E-state index is 0.164. The molecule has 5 atom stereocenters. The van der Waals surface area contributed by atoms with Crippen molar-refractivity contribution >= 4 is 5.91 Å². The molecule has 2 aromatic carbocycles. The van der Waals surface area contributed by atoms with E-state index in [0.29, 0.717) is 23.8 Å². The van der Waals surface area contributed by atoms with E-state index in [1.165, 1.54) is 44.1 Å². The van der Waals surface area contributed by atoms with E-state index in [2.05, 4.69) is 42.7 Å². The average Bonchev–Trinajstić information content (AvgIpc) is 3.20. The normalized spacial score (nSPS) is 27.3. The van der Waals surface area contributed by atoms with Crippen molar-refractivity contribution < 1.29 is 9.90 Å². The standard InChI is InChI=1S/C33H44N2O2/c1-3-19-35-31-18-16-28(32(35)17-11-24(31)2)23-30(27-9-8-10-29(36)22-27)25-12-14-26(15-13-25)33(37)34-20-6-4-5-7-21-34/h3,8-10,12-15,22,24,28,30-32,36H,1,4-7,11,16-21,23H2,2H3. The molecule has 1 amide bonds. The van der Waals surface area contributed by atoms with Crippen LogP contribution in [0.4, 0.5) is 0 Å². The molecular weight excluding hydrogens is 456 g/mol. The van der Waals surface area contributed by atoms with Crippen LogP contribution in [0.2, 0.25) is 0 Å². The van der Waals surface area contributed by atoms with E-state index in [1.807, 2.05) is 29.2 Å². The number of fused-ring (bicyclic) bond motifs is 2. The Morgan fingerprint density at radius 3 is 2.41 bits per heavy atom. The summed E-state index contributed by atoms with van der Waals surface area (Å²) in [6, 6.07) is 17.4. The van der Waals surface area contributed by atoms with E-state index in [9.17, 15) is 9.90 Å². The molecule has 0 aliphatic carbocycles. The molecule has 3 aliphatic heterocycles. The van der Waals surface area contributed by atoms with Crippen molar-refractivity contribution in [2.45, 2.75) is 82.7 Å². The van der Waals surface area contributed by atoms with E-state index in [0.717, 1.165) is 55.9 Å². The number of amides is 1. The summed E-state index contributed by atoms with van der Waals surface area (Å²) in [4.78, 5) is 18.0. The highest BCUT2D eigenvalue weighted by Crippen LogP contribution is 2.45. The third-order valence-electron chi connectivity index (χ3n) is 9.41. The molecule has 37 heavy (non-hydrogen) atoms. The predicted molar refractivity (Wildman–Crippen MR) is 151 cm³/mol. The lowest BCUT2D eigenvalue weighted by Gasteiger charge is -2.53. The molecule has 5 unspecified atom stereocenters. The van der Waals surface area contributed by atoms with Gasteiger partial charge in [0.2, 0.25) is 0 Å². The van der Waals surface area contributed by atoms with Crippen LogP contribution in [0.25, 0.3) is 0 Å². The van der Waals surface area contributed by atoms with Gasteiger partial charge in [0.25, 0.3) is 5.91 Å². The number of hydrogen-bond acceptors (Lipinski definition) is 3. The van der Waals surface area contributed by atoms with Gasteiger partial charge in [-0.25, -0.2) is 0 Å². The fraction of sp³-hybridized carbons (Fsp3) is 0.545. The molecule has 3 heterocycles. The van der Waals surface area contributed by atoms with E-state index in [1.54, 1.807) is 6.07 Å². The van der Waals surface area contributed by atoms with Gasteiger partial charge >= 0.3 is 0 Å². The van der Waals surface area contributed by atoms with Gasteiger partial charge in [-0.3, -0.25) is 9.69 Å². The fourth-order valence-corrected chi connectivity index (χ4v) is 7.42. The Labute approximate surface area is 223 Å². The highest BCUT2D eigenvalue weighted by molar-refractivity contribution is 5.94. The Morgan fingerprint density at radius 1 is 0.973 bits per heavy atom. The Hall–Kier alpha value is -2.59. The van der Waals surface area contributed by atoms with Crippen molar-refractivity contribution in [3.05, 3.63) is 77.9 Å². The maximum Gasteiger partial charge on any atom is 0.253 e. The lowest BCUT2D eigenvalue weighted by atomic mass is 9.69. The van der Waals surface area contributed by atoms with Gasteiger partial charge in [0, 0.05) is 43.2 Å². The summed E-state index contributed by atoms with van der Waals surface area (Å²) in [5.41, 5.74) is 3.19. The number of carbonyl (C=O) groups excluding carboxylic acids is 1. The van der Waals surface area contributed by atoms with Crippen LogP contribution >= 0.6 is 0 Å². The van der Waals surface area contributed by atoms with Crippen molar-refractivity contribution in [3.63, 3.8) is 0 Å². The number of aromatic hydroxyl groups is 1. The van der Waals surface area contributed by atoms with Crippen LogP contribution in [0.3, 0.4) is 0 Å². The highest BCUT2D eigenvalue weighted by atomic mass is 16.3. The highest BCUT2D eigenvalue weighted by Gasteiger charge is 2.42. The Morgan fingerprint density at radius 2 is 1.70 bits per heavy atom. The summed E-state index contributed by atoms with van der Waals surface area (Å²) in [6.07, 6.45) is 12.9. The van der Waals surface area contributed by atoms with Gasteiger partial charge in [-0.2, -0.15) is 0 Å². The second-order valence-corrected chi connectivity index (χ2v) is 11.7. The SMILES string of the molecule is C=CCN1C2CCC(CC(c3ccc(C(=O)N4CCCCCC4)cc3)c3cccc(O)c3)C1CCC2C. The molecule has 2 aromatic rings. The Bertz CT molecular complexity index is 1060. The van der Waals surface area contributed by atoms with Crippen LogP contribution in [-0.2, 0) is 0 Å². The van der Waals surface area contributed by atoms with Crippen LogP contribution in [0.15, 0.2) is 61.2 Å². The van der Waals surface area contributed by atoms with Gasteiger partial charge in [0.15, 0.2) is 0 Å². The number of likely N-dealkylation sites (tertiary alicyclic amines) is 1. The maximum absolute atomic E-state index is 13.2. The van der Waals surface area contributed by atoms with E-state index >= 15 is 0 Å². The molecule has 4 heteroatoms. The first kappa shape index (κ1) is 26.0. The van der Waals surface area contributed by atoms with Gasteiger partial charge < -0.3 is 10.0 Å². The monoisotopic (exact) mass is 500 g/mol. The number of phenolic OH excluding ortho intramolecular Hbond substituents is 1. The van der Waals surface area contributed by atoms with Crippen LogP contribution in [0.1, 0.15) is 92.1 Å². The zero-order valence-corrected chi connectivity index (χ0v) is 22.5. The van der Waals surface area contributed by atoms with E-state index in [-0.39, 0.29) is 11.8 Å². The van der Waals surface area contributed by atoms with Crippen molar-refractivity contribution in [2.24, 2.45) is 11.8 Å². The minimum Gasteiger partial charge on any atom is -0.508 e. The van der Waals surface area contributed by atoms with E-state index in [4.69, 9.17) is 0 Å². The molecule has 0 spiro atoms. The van der Waals surface area contributed by atoms with E-state index < -0.39 is 0 Å². The lowest BCUT2D eigenvalue weighted by Crippen LogP contribution is -2.56. The van der Waals surface area contributed by atoms with Crippen molar-refractivity contribution in [3.8, 4) is 5.75 Å². The number of hydrogen-bond donors (Lipinski definition) is 1. The first-order valence-electron chi connectivity index (χ1n) is 14.6. The molecule has 3 aliphatic rings. The van der Waals surface area contributed by atoms with Gasteiger partial charge in [-0.1, -0.05) is 50.1 Å². The minimum absolute atomic E-state index is 0.164. The number of piperidine rings is 2. The molecular formula is C33H44N2O2. The van der Waals surface area contributed by atoms with Crippen LogP contribution < -0.4 is 0 Å². The Kier molecular flexibility index (Phi) is 8.34. The molecule has 5 rings (SSSR count). The zero-order valence-electron chi connectivity index (χ0n) is 22.5. The molecule has 1 N–H and O–H groups in total. The third kappa shape index (κ3) is 5.80. The first-order valence-corrected chi connectivity index (χ1v) is 14.6. The smallest absolute Gasteiger partial charge is 0.253 e. The predicted octanol–water partition coefficient (Wildman–Crippen LogP) is 7.00. The summed E-state index contributed by atoms with van der Waals surface area (Å²) < 4.78 is 0. The van der Waals surface area contributed by atoms with Crippen LogP contribution in [-0.4, -0.2) is 52.5 Å².